The number of nitrogens with zero attached hydrogens (tertiary/aromatic N) is 1. The fourth-order valence-corrected chi connectivity index (χ4v) is 6.91. The summed E-state index contributed by atoms with van der Waals surface area (Å²) < 4.78 is 0. The molecule has 1 heterocycles. The van der Waals surface area contributed by atoms with Gasteiger partial charge in [-0.15, -0.1) is 0 Å². The number of carbonyl (C=O) groups is 3. The Morgan fingerprint density at radius 3 is 2.32 bits per heavy atom. The average Bonchev–Trinajstić information content (AvgIpc) is 3.05. The number of nitrogens with one attached hydrogen (secondary N) is 3. The van der Waals surface area contributed by atoms with Crippen LogP contribution in [0.3, 0.4) is 0 Å². The maximum Gasteiger partial charge on any atom is 0.315 e. The molecule has 0 aromatic carbocycles. The number of fused-ring (bicyclic) bond motifs is 2. The molecule has 3 aliphatic carbocycles. The molecule has 9 nitrogen and oxygen atoms in total. The van der Waals surface area contributed by atoms with Gasteiger partial charge in [-0.3, -0.25) is 14.5 Å². The van der Waals surface area contributed by atoms with Crippen LogP contribution in [0.1, 0.15) is 81.1 Å². The largest absolute Gasteiger partial charge is 0.396 e. The first-order valence-electron chi connectivity index (χ1n) is 13.8. The fourth-order valence-electron chi connectivity index (χ4n) is 6.91. The van der Waals surface area contributed by atoms with E-state index in [1.807, 2.05) is 46.4 Å². The van der Waals surface area contributed by atoms with Crippen LogP contribution in [0.15, 0.2) is 11.3 Å². The van der Waals surface area contributed by atoms with E-state index in [-0.39, 0.29) is 40.9 Å². The second-order valence-corrected chi connectivity index (χ2v) is 14.5. The molecule has 4 aliphatic rings. The number of urea groups is 1. The Balaban J connectivity index is 1.56. The van der Waals surface area contributed by atoms with Gasteiger partial charge in [0.15, 0.2) is 0 Å². The minimum absolute atomic E-state index is 0.0561. The van der Waals surface area contributed by atoms with Gasteiger partial charge in [-0.2, -0.15) is 0 Å². The van der Waals surface area contributed by atoms with E-state index in [9.17, 15) is 19.5 Å². The van der Waals surface area contributed by atoms with Crippen molar-refractivity contribution in [1.82, 2.24) is 20.9 Å². The van der Waals surface area contributed by atoms with Gasteiger partial charge in [0.05, 0.1) is 23.8 Å². The molecule has 0 aromatic rings. The molecule has 3 fully saturated rings. The number of aliphatic hydroxyl groups excluding tert-OH is 1. The highest BCUT2D eigenvalue weighted by Crippen LogP contribution is 2.57. The lowest BCUT2D eigenvalue weighted by Crippen LogP contribution is -2.63. The summed E-state index contributed by atoms with van der Waals surface area (Å²) in [5.41, 5.74) is 6.62. The van der Waals surface area contributed by atoms with Crippen molar-refractivity contribution < 1.29 is 19.5 Å². The van der Waals surface area contributed by atoms with Gasteiger partial charge in [0.25, 0.3) is 0 Å². The van der Waals surface area contributed by atoms with E-state index in [1.165, 1.54) is 0 Å². The molecule has 2 unspecified atom stereocenters. The van der Waals surface area contributed by atoms with Crippen molar-refractivity contribution in [3.8, 4) is 0 Å². The number of carbonyl (C=O) groups excluding carboxylic acids is 3. The molecule has 1 aliphatic heterocycles. The molecule has 0 spiro atoms. The van der Waals surface area contributed by atoms with Crippen LogP contribution in [-0.2, 0) is 9.59 Å². The summed E-state index contributed by atoms with van der Waals surface area (Å²) in [5, 5.41) is 20.6. The third-order valence-electron chi connectivity index (χ3n) is 9.09. The number of hydrogen-bond donors (Lipinski definition) is 5. The number of rotatable bonds is 5. The van der Waals surface area contributed by atoms with Gasteiger partial charge in [-0.1, -0.05) is 34.6 Å². The van der Waals surface area contributed by atoms with Gasteiger partial charge in [0.2, 0.25) is 11.7 Å². The molecule has 6 N–H and O–H groups in total. The van der Waals surface area contributed by atoms with Crippen LogP contribution >= 0.6 is 0 Å². The third-order valence-corrected chi connectivity index (χ3v) is 9.09. The maximum atomic E-state index is 13.8. The van der Waals surface area contributed by atoms with E-state index in [0.717, 1.165) is 24.8 Å². The SMILES string of the molecule is CC(C)(C)NC(=O)N[C@H](C(O)N1C[C@H]2[C@H](CC2(C)C)[C@H]1C(=O)N[C@H]1CC2CCC2=C(N)C1=O)C(C)(C)C. The van der Waals surface area contributed by atoms with E-state index in [4.69, 9.17) is 5.73 Å². The van der Waals surface area contributed by atoms with Gasteiger partial charge in [-0.25, -0.2) is 4.79 Å². The van der Waals surface area contributed by atoms with Gasteiger partial charge < -0.3 is 26.8 Å². The van der Waals surface area contributed by atoms with E-state index >= 15 is 0 Å². The Hall–Kier alpha value is -2.13. The molecule has 0 radical (unpaired) electrons. The summed E-state index contributed by atoms with van der Waals surface area (Å²) in [7, 11) is 0. The highest BCUT2D eigenvalue weighted by atomic mass is 16.3. The summed E-state index contributed by atoms with van der Waals surface area (Å²) in [6.45, 7) is 16.5. The minimum atomic E-state index is -1.08. The van der Waals surface area contributed by atoms with E-state index in [1.54, 1.807) is 0 Å². The number of hydrogen-bond acceptors (Lipinski definition) is 6. The Kier molecular flexibility index (Phi) is 6.98. The zero-order valence-corrected chi connectivity index (χ0v) is 23.8. The zero-order valence-electron chi connectivity index (χ0n) is 23.8. The Bertz CT molecular complexity index is 992. The topological polar surface area (TPSA) is 137 Å². The summed E-state index contributed by atoms with van der Waals surface area (Å²) in [4.78, 5) is 41.4. The van der Waals surface area contributed by atoms with Crippen LogP contribution in [0.25, 0.3) is 0 Å². The number of ketones is 1. The Morgan fingerprint density at radius 1 is 1.16 bits per heavy atom. The lowest BCUT2D eigenvalue weighted by Gasteiger charge is -2.49. The standard InChI is InChI=1S/C28H47N5O4/c1-26(2,3)22(31-25(37)32-27(4,5)6)24(36)33-13-17-16(12-28(17,7)8)20(33)23(35)30-18-11-14-9-10-15(14)19(29)21(18)34/h14,16-18,20,22,24,36H,9-13,29H2,1-8H3,(H,30,35)(H2,31,32,37)/t14?,16-,17-,18-,20-,22+,24?/m0/s1. The van der Waals surface area contributed by atoms with Crippen molar-refractivity contribution in [2.45, 2.75) is 111 Å². The lowest BCUT2D eigenvalue weighted by molar-refractivity contribution is -0.138. The van der Waals surface area contributed by atoms with Crippen molar-refractivity contribution in [3.63, 3.8) is 0 Å². The van der Waals surface area contributed by atoms with E-state index in [2.05, 4.69) is 29.8 Å². The molecule has 4 rings (SSSR count). The summed E-state index contributed by atoms with van der Waals surface area (Å²) in [6, 6.07) is -2.19. The Morgan fingerprint density at radius 2 is 1.81 bits per heavy atom. The first-order valence-corrected chi connectivity index (χ1v) is 13.8. The third kappa shape index (κ3) is 5.26. The van der Waals surface area contributed by atoms with Gasteiger partial charge in [0, 0.05) is 12.1 Å². The highest BCUT2D eigenvalue weighted by molar-refractivity contribution is 6.03. The first-order chi connectivity index (χ1) is 16.9. The fraction of sp³-hybridized carbons (Fsp3) is 0.821. The Labute approximate surface area is 221 Å². The van der Waals surface area contributed by atoms with Gasteiger partial charge >= 0.3 is 6.03 Å². The molecule has 0 bridgehead atoms. The van der Waals surface area contributed by atoms with Gasteiger partial charge in [-0.05, 0) is 80.6 Å². The second kappa shape index (κ2) is 9.26. The molecule has 3 amide bonds. The molecule has 2 saturated carbocycles. The van der Waals surface area contributed by atoms with Crippen molar-refractivity contribution >= 4 is 17.7 Å². The maximum absolute atomic E-state index is 13.8. The predicted octanol–water partition coefficient (Wildman–Crippen LogP) is 2.24. The first kappa shape index (κ1) is 27.9. The van der Waals surface area contributed by atoms with Crippen LogP contribution in [-0.4, -0.2) is 64.2 Å². The van der Waals surface area contributed by atoms with Crippen LogP contribution in [0.2, 0.25) is 0 Å². The molecule has 9 heteroatoms. The van der Waals surface area contributed by atoms with Crippen LogP contribution in [0, 0.1) is 28.6 Å². The molecular weight excluding hydrogens is 470 g/mol. The number of aliphatic hydroxyl groups is 1. The molecule has 37 heavy (non-hydrogen) atoms. The minimum Gasteiger partial charge on any atom is -0.396 e. The molecule has 208 valence electrons. The molecule has 1 saturated heterocycles. The number of allylic oxidation sites excluding steroid dienone is 1. The van der Waals surface area contributed by atoms with Crippen molar-refractivity contribution in [1.29, 1.82) is 0 Å². The van der Waals surface area contributed by atoms with E-state index < -0.39 is 35.3 Å². The predicted molar refractivity (Wildman–Crippen MR) is 142 cm³/mol. The van der Waals surface area contributed by atoms with Crippen LogP contribution < -0.4 is 21.7 Å². The molecular formula is C28H47N5O4. The number of Topliss-reactive ketones (excluding diaryl/α,β-unsaturated/α-hetero) is 1. The quantitative estimate of drug-likeness (QED) is 0.379. The summed E-state index contributed by atoms with van der Waals surface area (Å²) in [5.74, 6) is 0.178. The van der Waals surface area contributed by atoms with Crippen LogP contribution in [0.5, 0.6) is 0 Å². The van der Waals surface area contributed by atoms with E-state index in [0.29, 0.717) is 18.7 Å². The molecule has 0 aromatic heterocycles. The molecule has 7 atom stereocenters. The smallest absolute Gasteiger partial charge is 0.315 e. The van der Waals surface area contributed by atoms with Gasteiger partial charge in [0.1, 0.15) is 6.23 Å². The van der Waals surface area contributed by atoms with Crippen molar-refractivity contribution in [3.05, 3.63) is 11.3 Å². The highest BCUT2D eigenvalue weighted by Gasteiger charge is 2.61. The normalized spacial score (nSPS) is 32.9. The lowest BCUT2D eigenvalue weighted by atomic mass is 9.55. The average molecular weight is 518 g/mol. The zero-order chi connectivity index (χ0) is 27.7. The van der Waals surface area contributed by atoms with Crippen molar-refractivity contribution in [2.75, 3.05) is 6.54 Å². The number of nitrogens with two attached hydrogens (primary N) is 1. The van der Waals surface area contributed by atoms with Crippen molar-refractivity contribution in [2.24, 2.45) is 34.3 Å². The second-order valence-electron chi connectivity index (χ2n) is 14.5. The summed E-state index contributed by atoms with van der Waals surface area (Å²) >= 11 is 0. The summed E-state index contributed by atoms with van der Waals surface area (Å²) in [6.07, 6.45) is 2.25. The van der Waals surface area contributed by atoms with Crippen LogP contribution in [0.4, 0.5) is 4.79 Å². The monoisotopic (exact) mass is 517 g/mol. The number of likely N-dealkylation sites (tertiary alicyclic amines) is 1. The number of amides is 3.